The maximum absolute atomic E-state index is 13.2. The van der Waals surface area contributed by atoms with Crippen molar-refractivity contribution in [2.24, 2.45) is 0 Å². The molecule has 30 heavy (non-hydrogen) atoms. The van der Waals surface area contributed by atoms with Crippen LogP contribution >= 0.6 is 0 Å². The van der Waals surface area contributed by atoms with Crippen LogP contribution in [0.5, 0.6) is 0 Å². The number of nitrogens with zero attached hydrogens (tertiary/aromatic N) is 2. The van der Waals surface area contributed by atoms with Gasteiger partial charge >= 0.3 is 0 Å². The molecule has 0 aliphatic carbocycles. The van der Waals surface area contributed by atoms with Gasteiger partial charge in [-0.2, -0.15) is 0 Å². The number of benzene rings is 2. The van der Waals surface area contributed by atoms with Crippen molar-refractivity contribution in [1.82, 2.24) is 15.1 Å². The van der Waals surface area contributed by atoms with E-state index in [-0.39, 0.29) is 11.8 Å². The largest absolute Gasteiger partial charge is 0.354 e. The molecule has 1 N–H and O–H groups in total. The third-order valence-electron chi connectivity index (χ3n) is 6.17. The van der Waals surface area contributed by atoms with Crippen molar-refractivity contribution in [3.05, 3.63) is 71.3 Å². The molecule has 1 saturated heterocycles. The summed E-state index contributed by atoms with van der Waals surface area (Å²) in [6.07, 6.45) is 5.18. The van der Waals surface area contributed by atoms with Crippen LogP contribution in [0.2, 0.25) is 0 Å². The van der Waals surface area contributed by atoms with E-state index in [4.69, 9.17) is 0 Å². The Morgan fingerprint density at radius 2 is 1.70 bits per heavy atom. The second-order valence-electron chi connectivity index (χ2n) is 8.33. The number of fused-ring (bicyclic) bond motifs is 1. The minimum atomic E-state index is -0.572. The topological polar surface area (TPSA) is 52.7 Å². The lowest BCUT2D eigenvalue weighted by Gasteiger charge is -2.36. The molecule has 0 bridgehead atoms. The van der Waals surface area contributed by atoms with Crippen LogP contribution in [0.3, 0.4) is 0 Å². The predicted molar refractivity (Wildman–Crippen MR) is 118 cm³/mol. The van der Waals surface area contributed by atoms with Gasteiger partial charge in [-0.05, 0) is 55.6 Å². The molecule has 0 unspecified atom stereocenters. The van der Waals surface area contributed by atoms with Crippen molar-refractivity contribution >= 4 is 11.8 Å². The summed E-state index contributed by atoms with van der Waals surface area (Å²) in [5, 5.41) is 3.11. The van der Waals surface area contributed by atoms with Gasteiger partial charge in [-0.3, -0.25) is 9.59 Å². The molecular formula is C25H31N3O2. The van der Waals surface area contributed by atoms with Crippen LogP contribution in [0, 0.1) is 0 Å². The first-order valence-corrected chi connectivity index (χ1v) is 11.1. The van der Waals surface area contributed by atoms with Crippen LogP contribution in [-0.4, -0.2) is 47.8 Å². The minimum absolute atomic E-state index is 0.00557. The summed E-state index contributed by atoms with van der Waals surface area (Å²) in [6.45, 7) is 4.45. The van der Waals surface area contributed by atoms with E-state index in [0.29, 0.717) is 19.5 Å². The van der Waals surface area contributed by atoms with Crippen LogP contribution < -0.4 is 5.32 Å². The summed E-state index contributed by atoms with van der Waals surface area (Å²) in [7, 11) is 0. The van der Waals surface area contributed by atoms with Gasteiger partial charge in [0, 0.05) is 13.1 Å². The molecule has 1 atom stereocenters. The van der Waals surface area contributed by atoms with Gasteiger partial charge in [0.15, 0.2) is 0 Å². The molecule has 5 heteroatoms. The van der Waals surface area contributed by atoms with E-state index in [2.05, 4.69) is 10.2 Å². The number of carbonyl (C=O) groups is 2. The van der Waals surface area contributed by atoms with Gasteiger partial charge in [-0.1, -0.05) is 61.0 Å². The normalized spacial score (nSPS) is 19.4. The van der Waals surface area contributed by atoms with Crippen molar-refractivity contribution < 1.29 is 9.59 Å². The third kappa shape index (κ3) is 4.90. The smallest absolute Gasteiger partial charge is 0.247 e. The third-order valence-corrected chi connectivity index (χ3v) is 6.17. The van der Waals surface area contributed by atoms with Crippen molar-refractivity contribution in [2.45, 2.75) is 44.7 Å². The van der Waals surface area contributed by atoms with Crippen LogP contribution in [0.15, 0.2) is 54.6 Å². The fraction of sp³-hybridized carbons (Fsp3) is 0.440. The number of nitrogens with one attached hydrogen (secondary N) is 1. The summed E-state index contributed by atoms with van der Waals surface area (Å²) in [5.74, 6) is -0.0731. The van der Waals surface area contributed by atoms with Crippen LogP contribution in [-0.2, 0) is 22.6 Å². The molecule has 1 fully saturated rings. The maximum atomic E-state index is 13.2. The lowest BCUT2D eigenvalue weighted by atomic mass is 9.91. The van der Waals surface area contributed by atoms with Gasteiger partial charge in [-0.25, -0.2) is 0 Å². The monoisotopic (exact) mass is 405 g/mol. The molecule has 2 aliphatic rings. The zero-order chi connectivity index (χ0) is 20.8. The number of amides is 2. The molecular weight excluding hydrogens is 374 g/mol. The summed E-state index contributed by atoms with van der Waals surface area (Å²) in [6, 6.07) is 17.2. The van der Waals surface area contributed by atoms with E-state index in [0.717, 1.165) is 29.7 Å². The molecule has 2 heterocycles. The first-order chi connectivity index (χ1) is 14.7. The molecule has 5 nitrogen and oxygen atoms in total. The summed E-state index contributed by atoms with van der Waals surface area (Å²) in [4.78, 5) is 30.4. The lowest BCUT2D eigenvalue weighted by Crippen LogP contribution is -2.47. The SMILES string of the molecule is O=C(NCCCN1CCCCC1)[C@@H]1c2ccccc2CC(=O)N1Cc1ccccc1. The van der Waals surface area contributed by atoms with E-state index in [1.165, 1.54) is 32.4 Å². The fourth-order valence-corrected chi connectivity index (χ4v) is 4.57. The number of hydrogen-bond donors (Lipinski definition) is 1. The van der Waals surface area contributed by atoms with Gasteiger partial charge in [0.1, 0.15) is 6.04 Å². The van der Waals surface area contributed by atoms with Crippen molar-refractivity contribution in [2.75, 3.05) is 26.2 Å². The Kier molecular flexibility index (Phi) is 6.80. The highest BCUT2D eigenvalue weighted by Gasteiger charge is 2.36. The zero-order valence-electron chi connectivity index (χ0n) is 17.6. The highest BCUT2D eigenvalue weighted by Crippen LogP contribution is 2.32. The second-order valence-corrected chi connectivity index (χ2v) is 8.33. The Morgan fingerprint density at radius 1 is 0.967 bits per heavy atom. The molecule has 0 saturated carbocycles. The van der Waals surface area contributed by atoms with Crippen LogP contribution in [0.1, 0.15) is 48.4 Å². The van der Waals surface area contributed by atoms with Crippen molar-refractivity contribution in [3.8, 4) is 0 Å². The Hall–Kier alpha value is -2.66. The molecule has 2 aromatic rings. The average molecular weight is 406 g/mol. The quantitative estimate of drug-likeness (QED) is 0.719. The Bertz CT molecular complexity index is 862. The average Bonchev–Trinajstić information content (AvgIpc) is 2.78. The summed E-state index contributed by atoms with van der Waals surface area (Å²) in [5.41, 5.74) is 2.94. The van der Waals surface area contributed by atoms with E-state index in [9.17, 15) is 9.59 Å². The van der Waals surface area contributed by atoms with Crippen LogP contribution in [0.4, 0.5) is 0 Å². The highest BCUT2D eigenvalue weighted by molar-refractivity contribution is 5.92. The van der Waals surface area contributed by atoms with Crippen molar-refractivity contribution in [3.63, 3.8) is 0 Å². The lowest BCUT2D eigenvalue weighted by molar-refractivity contribution is -0.142. The first kappa shape index (κ1) is 20.6. The van der Waals surface area contributed by atoms with E-state index in [1.54, 1.807) is 4.90 Å². The molecule has 158 valence electrons. The van der Waals surface area contributed by atoms with Gasteiger partial charge < -0.3 is 15.1 Å². The minimum Gasteiger partial charge on any atom is -0.354 e. The van der Waals surface area contributed by atoms with Crippen molar-refractivity contribution in [1.29, 1.82) is 0 Å². The molecule has 4 rings (SSSR count). The van der Waals surface area contributed by atoms with E-state index < -0.39 is 6.04 Å². The van der Waals surface area contributed by atoms with Gasteiger partial charge in [0.05, 0.1) is 6.42 Å². The molecule has 0 radical (unpaired) electrons. The van der Waals surface area contributed by atoms with E-state index in [1.807, 2.05) is 54.6 Å². The number of piperidine rings is 1. The standard InChI is InChI=1S/C25H31N3O2/c29-23-18-21-12-5-6-13-22(21)24(28(23)19-20-10-3-1-4-11-20)25(30)26-14-9-17-27-15-7-2-8-16-27/h1,3-6,10-13,24H,2,7-9,14-19H2,(H,26,30)/t24-/m0/s1. The number of carbonyl (C=O) groups excluding carboxylic acids is 2. The number of rotatable bonds is 7. The number of hydrogen-bond acceptors (Lipinski definition) is 3. The van der Waals surface area contributed by atoms with Gasteiger partial charge in [0.2, 0.25) is 11.8 Å². The molecule has 0 spiro atoms. The Labute approximate surface area is 179 Å². The molecule has 0 aromatic heterocycles. The van der Waals surface area contributed by atoms with Gasteiger partial charge in [0.25, 0.3) is 0 Å². The molecule has 2 amide bonds. The second kappa shape index (κ2) is 9.90. The summed E-state index contributed by atoms with van der Waals surface area (Å²) >= 11 is 0. The maximum Gasteiger partial charge on any atom is 0.247 e. The fourth-order valence-electron chi connectivity index (χ4n) is 4.57. The summed E-state index contributed by atoms with van der Waals surface area (Å²) < 4.78 is 0. The number of likely N-dealkylation sites (tertiary alicyclic amines) is 1. The Balaban J connectivity index is 1.44. The molecule has 2 aliphatic heterocycles. The predicted octanol–water partition coefficient (Wildman–Crippen LogP) is 3.30. The zero-order valence-corrected chi connectivity index (χ0v) is 17.6. The Morgan fingerprint density at radius 3 is 2.50 bits per heavy atom. The highest BCUT2D eigenvalue weighted by atomic mass is 16.2. The van der Waals surface area contributed by atoms with Gasteiger partial charge in [-0.15, -0.1) is 0 Å². The van der Waals surface area contributed by atoms with Crippen LogP contribution in [0.25, 0.3) is 0 Å². The molecule has 2 aromatic carbocycles. The van der Waals surface area contributed by atoms with E-state index >= 15 is 0 Å². The first-order valence-electron chi connectivity index (χ1n) is 11.1.